The summed E-state index contributed by atoms with van der Waals surface area (Å²) in [6.45, 7) is 6.58. The van der Waals surface area contributed by atoms with Crippen LogP contribution in [0.2, 0.25) is 0 Å². The van der Waals surface area contributed by atoms with Crippen molar-refractivity contribution in [1.29, 1.82) is 0 Å². The van der Waals surface area contributed by atoms with Crippen LogP contribution >= 0.6 is 0 Å². The molecule has 1 unspecified atom stereocenters. The molecule has 0 radical (unpaired) electrons. The van der Waals surface area contributed by atoms with E-state index < -0.39 is 6.10 Å². The Kier molecular flexibility index (Phi) is 61.2. The van der Waals surface area contributed by atoms with Crippen LogP contribution in [0, 0.1) is 0 Å². The van der Waals surface area contributed by atoms with Crippen molar-refractivity contribution in [1.82, 2.24) is 0 Å². The van der Waals surface area contributed by atoms with E-state index in [-0.39, 0.29) is 31.1 Å². The van der Waals surface area contributed by atoms with Crippen molar-refractivity contribution >= 4 is 17.9 Å². The van der Waals surface area contributed by atoms with Crippen LogP contribution in [-0.4, -0.2) is 37.2 Å². The Bertz CT molecular complexity index is 1340. The topological polar surface area (TPSA) is 78.9 Å². The summed E-state index contributed by atoms with van der Waals surface area (Å²) in [4.78, 5) is 38.1. The van der Waals surface area contributed by atoms with E-state index in [1.165, 1.54) is 199 Å². The zero-order valence-corrected chi connectivity index (χ0v) is 50.1. The van der Waals surface area contributed by atoms with Crippen molar-refractivity contribution in [3.05, 3.63) is 60.8 Å². The molecule has 0 aliphatic carbocycles. The van der Waals surface area contributed by atoms with E-state index in [4.69, 9.17) is 14.2 Å². The summed E-state index contributed by atoms with van der Waals surface area (Å²) in [5.41, 5.74) is 0. The molecule has 0 aromatic carbocycles. The highest BCUT2D eigenvalue weighted by atomic mass is 16.6. The van der Waals surface area contributed by atoms with Crippen LogP contribution in [0.4, 0.5) is 0 Å². The van der Waals surface area contributed by atoms with Gasteiger partial charge < -0.3 is 14.2 Å². The van der Waals surface area contributed by atoms with Gasteiger partial charge >= 0.3 is 17.9 Å². The predicted molar refractivity (Wildman–Crippen MR) is 325 cm³/mol. The minimum atomic E-state index is -0.777. The van der Waals surface area contributed by atoms with E-state index >= 15 is 0 Å². The number of unbranched alkanes of at least 4 members (excludes halogenated alkanes) is 39. The van der Waals surface area contributed by atoms with E-state index in [0.717, 1.165) is 103 Å². The van der Waals surface area contributed by atoms with Crippen LogP contribution in [0.1, 0.15) is 342 Å². The van der Waals surface area contributed by atoms with Crippen molar-refractivity contribution in [2.45, 2.75) is 348 Å². The fraction of sp³-hybridized carbons (Fsp3) is 0.812. The first-order valence-corrected chi connectivity index (χ1v) is 32.8. The number of rotatable bonds is 60. The molecular weight excluding hydrogens is 925 g/mol. The number of carbonyl (C=O) groups is 3. The lowest BCUT2D eigenvalue weighted by Crippen LogP contribution is -2.30. The van der Waals surface area contributed by atoms with E-state index in [2.05, 4.69) is 81.5 Å². The van der Waals surface area contributed by atoms with Gasteiger partial charge in [-0.05, 0) is 83.5 Å². The van der Waals surface area contributed by atoms with Crippen LogP contribution in [0.5, 0.6) is 0 Å². The molecule has 0 aliphatic heterocycles. The Hall–Kier alpha value is -2.89. The third-order valence-corrected chi connectivity index (χ3v) is 14.5. The van der Waals surface area contributed by atoms with Gasteiger partial charge in [-0.3, -0.25) is 14.4 Å². The fourth-order valence-electron chi connectivity index (χ4n) is 9.55. The summed E-state index contributed by atoms with van der Waals surface area (Å²) >= 11 is 0. The molecule has 0 amide bonds. The second kappa shape index (κ2) is 63.6. The Morgan fingerprint density at radius 1 is 0.267 bits per heavy atom. The zero-order chi connectivity index (χ0) is 54.3. The smallest absolute Gasteiger partial charge is 0.306 e. The maximum atomic E-state index is 12.8. The minimum Gasteiger partial charge on any atom is -0.462 e. The Morgan fingerprint density at radius 2 is 0.507 bits per heavy atom. The number of hydrogen-bond donors (Lipinski definition) is 0. The molecule has 1 atom stereocenters. The number of allylic oxidation sites excluding steroid dienone is 10. The summed E-state index contributed by atoms with van der Waals surface area (Å²) in [6.07, 6.45) is 81.1. The molecule has 0 N–H and O–H groups in total. The molecule has 0 spiro atoms. The van der Waals surface area contributed by atoms with E-state index in [9.17, 15) is 14.4 Å². The largest absolute Gasteiger partial charge is 0.462 e. The lowest BCUT2D eigenvalue weighted by Gasteiger charge is -2.18. The van der Waals surface area contributed by atoms with Gasteiger partial charge in [-0.15, -0.1) is 0 Å². The van der Waals surface area contributed by atoms with Crippen molar-refractivity contribution in [2.24, 2.45) is 0 Å². The summed E-state index contributed by atoms with van der Waals surface area (Å²) in [5, 5.41) is 0. The van der Waals surface area contributed by atoms with Crippen LogP contribution in [-0.2, 0) is 28.6 Å². The molecule has 0 aliphatic rings. The zero-order valence-electron chi connectivity index (χ0n) is 50.1. The van der Waals surface area contributed by atoms with Gasteiger partial charge in [-0.1, -0.05) is 300 Å². The molecule has 0 saturated carbocycles. The number of hydrogen-bond acceptors (Lipinski definition) is 6. The molecule has 0 rings (SSSR count). The first kappa shape index (κ1) is 72.1. The molecule has 75 heavy (non-hydrogen) atoms. The van der Waals surface area contributed by atoms with Crippen LogP contribution in [0.15, 0.2) is 60.8 Å². The van der Waals surface area contributed by atoms with Gasteiger partial charge in [0, 0.05) is 19.3 Å². The summed E-state index contributed by atoms with van der Waals surface area (Å²) in [5.74, 6) is -0.875. The van der Waals surface area contributed by atoms with Crippen molar-refractivity contribution < 1.29 is 28.6 Å². The molecular formula is C69H124O6. The Balaban J connectivity index is 4.06. The maximum absolute atomic E-state index is 12.8. The normalized spacial score (nSPS) is 12.4. The molecule has 0 aromatic rings. The second-order valence-electron chi connectivity index (χ2n) is 22.0. The van der Waals surface area contributed by atoms with Gasteiger partial charge in [0.2, 0.25) is 0 Å². The van der Waals surface area contributed by atoms with Crippen LogP contribution in [0.3, 0.4) is 0 Å². The van der Waals surface area contributed by atoms with Crippen molar-refractivity contribution in [2.75, 3.05) is 13.2 Å². The molecule has 0 aromatic heterocycles. The van der Waals surface area contributed by atoms with E-state index in [1.54, 1.807) is 0 Å². The lowest BCUT2D eigenvalue weighted by atomic mass is 10.0. The Labute approximate surface area is 466 Å². The number of esters is 3. The second-order valence-corrected chi connectivity index (χ2v) is 22.0. The van der Waals surface area contributed by atoms with Gasteiger partial charge in [0.05, 0.1) is 0 Å². The van der Waals surface area contributed by atoms with Crippen molar-refractivity contribution in [3.8, 4) is 0 Å². The van der Waals surface area contributed by atoms with E-state index in [0.29, 0.717) is 19.3 Å². The van der Waals surface area contributed by atoms with Crippen LogP contribution < -0.4 is 0 Å². The van der Waals surface area contributed by atoms with Crippen LogP contribution in [0.25, 0.3) is 0 Å². The highest BCUT2D eigenvalue weighted by molar-refractivity contribution is 5.71. The highest BCUT2D eigenvalue weighted by Gasteiger charge is 2.19. The average Bonchev–Trinajstić information content (AvgIpc) is 3.41. The quantitative estimate of drug-likeness (QED) is 0.0261. The number of carbonyl (C=O) groups excluding carboxylic acids is 3. The molecule has 6 heteroatoms. The maximum Gasteiger partial charge on any atom is 0.306 e. The van der Waals surface area contributed by atoms with Crippen molar-refractivity contribution in [3.63, 3.8) is 0 Å². The van der Waals surface area contributed by atoms with Gasteiger partial charge in [0.15, 0.2) is 6.10 Å². The number of ether oxygens (including phenoxy) is 3. The third kappa shape index (κ3) is 61.8. The van der Waals surface area contributed by atoms with Gasteiger partial charge in [0.1, 0.15) is 13.2 Å². The first-order valence-electron chi connectivity index (χ1n) is 32.8. The minimum absolute atomic E-state index is 0.0755. The van der Waals surface area contributed by atoms with Gasteiger partial charge in [0.25, 0.3) is 0 Å². The molecule has 0 fully saturated rings. The summed E-state index contributed by atoms with van der Waals surface area (Å²) in [6, 6.07) is 0. The fourth-order valence-corrected chi connectivity index (χ4v) is 9.55. The molecule has 436 valence electrons. The molecule has 0 bridgehead atoms. The summed E-state index contributed by atoms with van der Waals surface area (Å²) < 4.78 is 16.9. The average molecular weight is 1050 g/mol. The van der Waals surface area contributed by atoms with E-state index in [1.807, 2.05) is 0 Å². The van der Waals surface area contributed by atoms with Gasteiger partial charge in [-0.25, -0.2) is 0 Å². The first-order chi connectivity index (χ1) is 37.0. The lowest BCUT2D eigenvalue weighted by molar-refractivity contribution is -0.167. The molecule has 0 saturated heterocycles. The Morgan fingerprint density at radius 3 is 0.800 bits per heavy atom. The summed E-state index contributed by atoms with van der Waals surface area (Å²) in [7, 11) is 0. The highest BCUT2D eigenvalue weighted by Crippen LogP contribution is 2.17. The molecule has 6 nitrogen and oxygen atoms in total. The van der Waals surface area contributed by atoms with Gasteiger partial charge in [-0.2, -0.15) is 0 Å². The predicted octanol–water partition coefficient (Wildman–Crippen LogP) is 22.3. The monoisotopic (exact) mass is 1050 g/mol. The SMILES string of the molecule is CCC/C=C\C/C=C\CCCCCCCC(=O)OC(COC(=O)CCCCCCCCCCCCC)COC(=O)CCCCCCCCCCCCCCCCCCCC/C=C\C/C=C\C/C=C\CCCCCCC. The standard InChI is InChI=1S/C69H124O6/c1-4-7-10-13-16-19-22-24-25-26-27-28-29-30-31-32-33-34-35-36-37-38-39-40-41-42-43-45-47-50-53-56-59-62-68(71)74-65-66(64-73-67(70)61-58-55-52-49-46-21-18-15-12-9-6-3)75-69(72)63-60-57-54-51-48-44-23-20-17-14-11-8-5-2/h11,14,20,22-24,26-27,29-30,66H,4-10,12-13,15-19,21,25,28,31-65H2,1-3H3/b14-11-,23-20-,24-22-,27-26-,30-29-. The molecule has 0 heterocycles. The third-order valence-electron chi connectivity index (χ3n) is 14.5.